The number of carboxylic acid groups (broad SMARTS) is 1. The van der Waals surface area contributed by atoms with Crippen LogP contribution in [0.2, 0.25) is 0 Å². The van der Waals surface area contributed by atoms with Crippen LogP contribution >= 0.6 is 0 Å². The average Bonchev–Trinajstić information content (AvgIpc) is 2.92. The molecule has 0 bridgehead atoms. The molecule has 1 aromatic heterocycles. The highest BCUT2D eigenvalue weighted by Gasteiger charge is 2.39. The maximum absolute atomic E-state index is 12.4. The van der Waals surface area contributed by atoms with Crippen LogP contribution in [0.5, 0.6) is 0 Å². The number of aromatic nitrogens is 1. The van der Waals surface area contributed by atoms with Crippen LogP contribution in [0.3, 0.4) is 0 Å². The third-order valence-corrected chi connectivity index (χ3v) is 3.46. The minimum absolute atomic E-state index is 0.0175. The quantitative estimate of drug-likeness (QED) is 0.752. The Morgan fingerprint density at radius 1 is 1.35 bits per heavy atom. The molecule has 0 saturated carbocycles. The van der Waals surface area contributed by atoms with E-state index in [1.807, 2.05) is 0 Å². The predicted octanol–water partition coefficient (Wildman–Crippen LogP) is -0.112. The van der Waals surface area contributed by atoms with Gasteiger partial charge in [-0.1, -0.05) is 0 Å². The Kier molecular flexibility index (Phi) is 3.63. The molecule has 0 aliphatic carbocycles. The molecule has 1 saturated heterocycles. The third kappa shape index (κ3) is 2.44. The molecule has 7 nitrogen and oxygen atoms in total. The van der Waals surface area contributed by atoms with Gasteiger partial charge in [0.15, 0.2) is 5.78 Å². The first-order valence-electron chi connectivity index (χ1n) is 6.20. The molecule has 0 aromatic carbocycles. The van der Waals surface area contributed by atoms with E-state index < -0.39 is 24.0 Å². The van der Waals surface area contributed by atoms with E-state index in [4.69, 9.17) is 5.11 Å². The van der Waals surface area contributed by atoms with Gasteiger partial charge in [0.25, 0.3) is 5.91 Å². The molecule has 1 aliphatic heterocycles. The van der Waals surface area contributed by atoms with Crippen molar-refractivity contribution in [1.29, 1.82) is 0 Å². The number of β-amino-alcohol motifs (C(OH)–C–C–N with tert-alkyl or cyclic N) is 1. The summed E-state index contributed by atoms with van der Waals surface area (Å²) in [6.07, 6.45) is 0.704. The second-order valence-corrected chi connectivity index (χ2v) is 4.98. The smallest absolute Gasteiger partial charge is 0.326 e. The number of aliphatic hydroxyl groups is 1. The van der Waals surface area contributed by atoms with Crippen LogP contribution in [0.15, 0.2) is 12.3 Å². The van der Waals surface area contributed by atoms with E-state index in [-0.39, 0.29) is 24.4 Å². The highest BCUT2D eigenvalue weighted by Crippen LogP contribution is 2.21. The number of rotatable bonds is 3. The second-order valence-electron chi connectivity index (χ2n) is 4.98. The zero-order valence-electron chi connectivity index (χ0n) is 11.2. The van der Waals surface area contributed by atoms with Crippen LogP contribution < -0.4 is 0 Å². The summed E-state index contributed by atoms with van der Waals surface area (Å²) in [5.41, 5.74) is 0.623. The van der Waals surface area contributed by atoms with Crippen molar-refractivity contribution in [1.82, 2.24) is 9.47 Å². The molecular weight excluding hydrogens is 264 g/mol. The van der Waals surface area contributed by atoms with Crippen LogP contribution in [-0.4, -0.2) is 56.0 Å². The Morgan fingerprint density at radius 2 is 2.00 bits per heavy atom. The number of ketones is 1. The van der Waals surface area contributed by atoms with E-state index >= 15 is 0 Å². The van der Waals surface area contributed by atoms with Gasteiger partial charge < -0.3 is 19.7 Å². The van der Waals surface area contributed by atoms with Crippen LogP contribution in [0.25, 0.3) is 0 Å². The number of nitrogens with zero attached hydrogens (tertiary/aromatic N) is 2. The minimum Gasteiger partial charge on any atom is -0.480 e. The molecular formula is C13H16N2O5. The maximum Gasteiger partial charge on any atom is 0.326 e. The summed E-state index contributed by atoms with van der Waals surface area (Å²) >= 11 is 0. The summed E-state index contributed by atoms with van der Waals surface area (Å²) in [5, 5.41) is 18.7. The first-order chi connectivity index (χ1) is 9.31. The van der Waals surface area contributed by atoms with Crippen LogP contribution in [-0.2, 0) is 11.8 Å². The summed E-state index contributed by atoms with van der Waals surface area (Å²) in [6, 6.07) is 0.405. The van der Waals surface area contributed by atoms with Crippen molar-refractivity contribution in [2.45, 2.75) is 25.5 Å². The fraction of sp³-hybridized carbons (Fsp3) is 0.462. The van der Waals surface area contributed by atoms with Crippen molar-refractivity contribution in [3.05, 3.63) is 23.5 Å². The van der Waals surface area contributed by atoms with E-state index in [0.717, 1.165) is 4.90 Å². The number of hydrogen-bond donors (Lipinski definition) is 2. The SMILES string of the molecule is CC(=O)c1cc(C(=O)N2C[C@@H](O)C[C@H]2C(=O)O)n(C)c1. The summed E-state index contributed by atoms with van der Waals surface area (Å²) in [5.74, 6) is -1.81. The van der Waals surface area contributed by atoms with Gasteiger partial charge in [-0.05, 0) is 13.0 Å². The van der Waals surface area contributed by atoms with Crippen molar-refractivity contribution < 1.29 is 24.6 Å². The average molecular weight is 280 g/mol. The molecule has 2 heterocycles. The van der Waals surface area contributed by atoms with Crippen molar-refractivity contribution >= 4 is 17.7 Å². The van der Waals surface area contributed by atoms with E-state index in [2.05, 4.69) is 0 Å². The third-order valence-electron chi connectivity index (χ3n) is 3.46. The van der Waals surface area contributed by atoms with Gasteiger partial charge in [-0.2, -0.15) is 0 Å². The van der Waals surface area contributed by atoms with Gasteiger partial charge in [0, 0.05) is 31.8 Å². The van der Waals surface area contributed by atoms with Gasteiger partial charge in [-0.15, -0.1) is 0 Å². The summed E-state index contributed by atoms with van der Waals surface area (Å²) in [7, 11) is 1.61. The van der Waals surface area contributed by atoms with E-state index in [0.29, 0.717) is 5.56 Å². The summed E-state index contributed by atoms with van der Waals surface area (Å²) in [6.45, 7) is 1.37. The Labute approximate surface area is 115 Å². The summed E-state index contributed by atoms with van der Waals surface area (Å²) < 4.78 is 1.49. The van der Waals surface area contributed by atoms with Gasteiger partial charge >= 0.3 is 5.97 Å². The molecule has 20 heavy (non-hydrogen) atoms. The van der Waals surface area contributed by atoms with Gasteiger partial charge in [0.2, 0.25) is 0 Å². The zero-order chi connectivity index (χ0) is 15.0. The maximum atomic E-state index is 12.4. The molecule has 2 atom stereocenters. The number of hydrogen-bond acceptors (Lipinski definition) is 4. The topological polar surface area (TPSA) is 99.8 Å². The molecule has 0 spiro atoms. The molecule has 7 heteroatoms. The Bertz CT molecular complexity index is 577. The Balaban J connectivity index is 2.31. The Hall–Kier alpha value is -2.15. The van der Waals surface area contributed by atoms with Crippen molar-refractivity contribution in [2.24, 2.45) is 7.05 Å². The van der Waals surface area contributed by atoms with Crippen LogP contribution in [0.4, 0.5) is 0 Å². The molecule has 0 radical (unpaired) electrons. The number of aryl methyl sites for hydroxylation is 1. The standard InChI is InChI=1S/C13H16N2O5/c1-7(16)8-3-10(14(2)5-8)12(18)15-6-9(17)4-11(15)13(19)20/h3,5,9,11,17H,4,6H2,1-2H3,(H,19,20)/t9-,11-/m0/s1. The molecule has 1 fully saturated rings. The first-order valence-corrected chi connectivity index (χ1v) is 6.20. The number of carbonyl (C=O) groups excluding carboxylic acids is 2. The number of likely N-dealkylation sites (tertiary alicyclic amines) is 1. The van der Waals surface area contributed by atoms with Gasteiger partial charge in [0.1, 0.15) is 11.7 Å². The fourth-order valence-corrected chi connectivity index (χ4v) is 2.39. The number of Topliss-reactive ketones (excluding diaryl/α,β-unsaturated/α-hetero) is 1. The van der Waals surface area contributed by atoms with Gasteiger partial charge in [0.05, 0.1) is 6.10 Å². The number of aliphatic carboxylic acids is 1. The normalized spacial score (nSPS) is 22.1. The molecule has 1 aromatic rings. The van der Waals surface area contributed by atoms with Crippen LogP contribution in [0.1, 0.15) is 34.2 Å². The largest absolute Gasteiger partial charge is 0.480 e. The lowest BCUT2D eigenvalue weighted by Gasteiger charge is -2.21. The number of carboxylic acids is 1. The lowest BCUT2D eigenvalue weighted by atomic mass is 10.2. The lowest BCUT2D eigenvalue weighted by Crippen LogP contribution is -2.41. The number of carbonyl (C=O) groups is 3. The highest BCUT2D eigenvalue weighted by atomic mass is 16.4. The zero-order valence-corrected chi connectivity index (χ0v) is 11.2. The fourth-order valence-electron chi connectivity index (χ4n) is 2.39. The number of amides is 1. The van der Waals surface area contributed by atoms with Crippen LogP contribution in [0, 0.1) is 0 Å². The van der Waals surface area contributed by atoms with E-state index in [9.17, 15) is 19.5 Å². The molecule has 2 rings (SSSR count). The lowest BCUT2D eigenvalue weighted by molar-refractivity contribution is -0.141. The molecule has 1 aliphatic rings. The van der Waals surface area contributed by atoms with E-state index in [1.165, 1.54) is 23.8 Å². The van der Waals surface area contributed by atoms with Crippen molar-refractivity contribution in [3.63, 3.8) is 0 Å². The van der Waals surface area contributed by atoms with Gasteiger partial charge in [-0.3, -0.25) is 9.59 Å². The molecule has 1 amide bonds. The van der Waals surface area contributed by atoms with Gasteiger partial charge in [-0.25, -0.2) is 4.79 Å². The van der Waals surface area contributed by atoms with E-state index in [1.54, 1.807) is 7.05 Å². The Morgan fingerprint density at radius 3 is 2.50 bits per heavy atom. The molecule has 0 unspecified atom stereocenters. The second kappa shape index (κ2) is 5.09. The van der Waals surface area contributed by atoms with Crippen molar-refractivity contribution in [3.8, 4) is 0 Å². The minimum atomic E-state index is -1.14. The predicted molar refractivity (Wildman–Crippen MR) is 68.5 cm³/mol. The molecule has 2 N–H and O–H groups in total. The number of aliphatic hydroxyl groups excluding tert-OH is 1. The summed E-state index contributed by atoms with van der Waals surface area (Å²) in [4.78, 5) is 35.9. The molecule has 108 valence electrons. The highest BCUT2D eigenvalue weighted by molar-refractivity contribution is 6.00. The monoisotopic (exact) mass is 280 g/mol. The first kappa shape index (κ1) is 14.3. The van der Waals surface area contributed by atoms with Crippen molar-refractivity contribution in [2.75, 3.05) is 6.54 Å².